The lowest BCUT2D eigenvalue weighted by Gasteiger charge is -2.14. The van der Waals surface area contributed by atoms with Crippen molar-refractivity contribution in [3.05, 3.63) is 47.0 Å². The Labute approximate surface area is 128 Å². The number of Topliss-reactive ketones (excluding diaryl/α,β-unsaturated/α-hetero) is 1. The fourth-order valence-electron chi connectivity index (χ4n) is 3.01. The van der Waals surface area contributed by atoms with Gasteiger partial charge in [0.1, 0.15) is 12.0 Å². The molecule has 2 aromatic rings. The van der Waals surface area contributed by atoms with Crippen molar-refractivity contribution in [2.75, 3.05) is 7.05 Å². The summed E-state index contributed by atoms with van der Waals surface area (Å²) in [5, 5.41) is 0. The summed E-state index contributed by atoms with van der Waals surface area (Å²) in [5.74, 6) is 0.221. The van der Waals surface area contributed by atoms with E-state index in [0.717, 1.165) is 29.8 Å². The first-order valence-electron chi connectivity index (χ1n) is 7.53. The summed E-state index contributed by atoms with van der Waals surface area (Å²) in [5.41, 5.74) is 3.84. The molecular formula is C17H17N3O2. The van der Waals surface area contributed by atoms with E-state index in [1.165, 1.54) is 0 Å². The van der Waals surface area contributed by atoms with Crippen molar-refractivity contribution >= 4 is 11.7 Å². The van der Waals surface area contributed by atoms with E-state index in [2.05, 4.69) is 4.98 Å². The molecule has 0 radical (unpaired) electrons. The zero-order valence-electron chi connectivity index (χ0n) is 12.7. The predicted molar refractivity (Wildman–Crippen MR) is 81.2 cm³/mol. The Morgan fingerprint density at radius 3 is 2.82 bits per heavy atom. The molecule has 2 heterocycles. The van der Waals surface area contributed by atoms with E-state index >= 15 is 0 Å². The summed E-state index contributed by atoms with van der Waals surface area (Å²) in [6.07, 6.45) is 3.58. The standard InChI is InChI=1S/C17H17N3O2/c1-10-3-6-13-12(7-10)17(22)19(2)8-14-15(18-9-20(13)14)16(21)11-4-5-11/h3,6-7,9,11H,4-5,8H2,1-2H3. The monoisotopic (exact) mass is 295 g/mol. The van der Waals surface area contributed by atoms with E-state index in [9.17, 15) is 9.59 Å². The summed E-state index contributed by atoms with van der Waals surface area (Å²) in [4.78, 5) is 31.0. The number of nitrogens with zero attached hydrogens (tertiary/aromatic N) is 3. The molecule has 0 bridgehead atoms. The maximum Gasteiger partial charge on any atom is 0.256 e. The molecule has 1 aromatic heterocycles. The first kappa shape index (κ1) is 13.2. The number of hydrogen-bond donors (Lipinski definition) is 0. The SMILES string of the molecule is Cc1ccc2c(c1)C(=O)N(C)Cc1c(C(=O)C3CC3)ncn1-2. The summed E-state index contributed by atoms with van der Waals surface area (Å²) >= 11 is 0. The van der Waals surface area contributed by atoms with Gasteiger partial charge in [0.25, 0.3) is 5.91 Å². The first-order valence-corrected chi connectivity index (χ1v) is 7.53. The Kier molecular flexibility index (Phi) is 2.73. The minimum atomic E-state index is -0.0211. The lowest BCUT2D eigenvalue weighted by atomic mass is 10.1. The van der Waals surface area contributed by atoms with Gasteiger partial charge in [-0.2, -0.15) is 0 Å². The number of aromatic nitrogens is 2. The normalized spacial score (nSPS) is 17.0. The molecule has 1 saturated carbocycles. The summed E-state index contributed by atoms with van der Waals surface area (Å²) in [6.45, 7) is 2.37. The van der Waals surface area contributed by atoms with Crippen LogP contribution in [0.2, 0.25) is 0 Å². The van der Waals surface area contributed by atoms with Crippen molar-refractivity contribution in [1.82, 2.24) is 14.5 Å². The van der Waals surface area contributed by atoms with Crippen molar-refractivity contribution in [3.63, 3.8) is 0 Å². The smallest absolute Gasteiger partial charge is 0.256 e. The van der Waals surface area contributed by atoms with E-state index in [1.807, 2.05) is 29.7 Å². The van der Waals surface area contributed by atoms with E-state index in [-0.39, 0.29) is 17.6 Å². The van der Waals surface area contributed by atoms with Crippen LogP contribution in [0.1, 0.15) is 44.9 Å². The van der Waals surface area contributed by atoms with Gasteiger partial charge >= 0.3 is 0 Å². The fraction of sp³-hybridized carbons (Fsp3) is 0.353. The van der Waals surface area contributed by atoms with Gasteiger partial charge in [-0.3, -0.25) is 14.2 Å². The molecule has 1 aromatic carbocycles. The number of imidazole rings is 1. The first-order chi connectivity index (χ1) is 10.6. The van der Waals surface area contributed by atoms with E-state index < -0.39 is 0 Å². The highest BCUT2D eigenvalue weighted by Gasteiger charge is 2.35. The number of amides is 1. The molecule has 112 valence electrons. The molecule has 5 nitrogen and oxygen atoms in total. The van der Waals surface area contributed by atoms with Crippen molar-refractivity contribution < 1.29 is 9.59 Å². The zero-order chi connectivity index (χ0) is 15.4. The Hall–Kier alpha value is -2.43. The second-order valence-electron chi connectivity index (χ2n) is 6.23. The molecule has 0 spiro atoms. The van der Waals surface area contributed by atoms with Crippen LogP contribution in [0.25, 0.3) is 5.69 Å². The molecule has 1 amide bonds. The average Bonchev–Trinajstić information content (AvgIpc) is 3.28. The van der Waals surface area contributed by atoms with Crippen molar-refractivity contribution in [2.24, 2.45) is 5.92 Å². The molecule has 0 unspecified atom stereocenters. The van der Waals surface area contributed by atoms with Crippen molar-refractivity contribution in [3.8, 4) is 5.69 Å². The van der Waals surface area contributed by atoms with Crippen LogP contribution < -0.4 is 0 Å². The zero-order valence-corrected chi connectivity index (χ0v) is 12.7. The maximum absolute atomic E-state index is 12.6. The van der Waals surface area contributed by atoms with E-state index in [4.69, 9.17) is 0 Å². The van der Waals surface area contributed by atoms with Crippen molar-refractivity contribution in [2.45, 2.75) is 26.3 Å². The van der Waals surface area contributed by atoms with Crippen LogP contribution in [0.3, 0.4) is 0 Å². The molecular weight excluding hydrogens is 278 g/mol. The Morgan fingerprint density at radius 2 is 2.09 bits per heavy atom. The second kappa shape index (κ2) is 4.53. The number of benzene rings is 1. The topological polar surface area (TPSA) is 55.2 Å². The Bertz CT molecular complexity index is 802. The summed E-state index contributed by atoms with van der Waals surface area (Å²) < 4.78 is 1.89. The van der Waals surface area contributed by atoms with Gasteiger partial charge in [0, 0.05) is 13.0 Å². The third-order valence-corrected chi connectivity index (χ3v) is 4.42. The van der Waals surface area contributed by atoms with Gasteiger partial charge in [-0.1, -0.05) is 11.6 Å². The molecule has 1 aliphatic heterocycles. The average molecular weight is 295 g/mol. The van der Waals surface area contributed by atoms with Gasteiger partial charge in [-0.15, -0.1) is 0 Å². The number of hydrogen-bond acceptors (Lipinski definition) is 3. The second-order valence-corrected chi connectivity index (χ2v) is 6.23. The van der Waals surface area contributed by atoms with Gasteiger partial charge in [0.2, 0.25) is 0 Å². The number of aryl methyl sites for hydroxylation is 1. The molecule has 4 rings (SSSR count). The van der Waals surface area contributed by atoms with Gasteiger partial charge < -0.3 is 4.90 Å². The molecule has 0 saturated heterocycles. The number of fused-ring (bicyclic) bond motifs is 3. The van der Waals surface area contributed by atoms with Crippen LogP contribution in [0, 0.1) is 12.8 Å². The Morgan fingerprint density at radius 1 is 1.32 bits per heavy atom. The molecule has 22 heavy (non-hydrogen) atoms. The van der Waals surface area contributed by atoms with Crippen LogP contribution in [-0.2, 0) is 6.54 Å². The minimum Gasteiger partial charge on any atom is -0.336 e. The molecule has 1 aliphatic carbocycles. The predicted octanol–water partition coefficient (Wildman–Crippen LogP) is 2.36. The molecule has 1 fully saturated rings. The highest BCUT2D eigenvalue weighted by Crippen LogP contribution is 2.34. The largest absolute Gasteiger partial charge is 0.336 e. The van der Waals surface area contributed by atoms with Gasteiger partial charge in [-0.25, -0.2) is 4.98 Å². The minimum absolute atomic E-state index is 0.0211. The highest BCUT2D eigenvalue weighted by molar-refractivity contribution is 6.01. The molecule has 0 N–H and O–H groups in total. The number of rotatable bonds is 2. The van der Waals surface area contributed by atoms with Gasteiger partial charge in [-0.05, 0) is 31.9 Å². The van der Waals surface area contributed by atoms with Gasteiger partial charge in [0.15, 0.2) is 5.78 Å². The van der Waals surface area contributed by atoms with E-state index in [0.29, 0.717) is 17.8 Å². The summed E-state index contributed by atoms with van der Waals surface area (Å²) in [6, 6.07) is 5.80. The maximum atomic E-state index is 12.6. The quantitative estimate of drug-likeness (QED) is 0.799. The van der Waals surface area contributed by atoms with Crippen molar-refractivity contribution in [1.29, 1.82) is 0 Å². The van der Waals surface area contributed by atoms with Crippen LogP contribution in [-0.4, -0.2) is 33.2 Å². The molecule has 0 atom stereocenters. The van der Waals surface area contributed by atoms with Crippen LogP contribution in [0.4, 0.5) is 0 Å². The lowest BCUT2D eigenvalue weighted by molar-refractivity contribution is 0.0785. The number of ketones is 1. The molecule has 5 heteroatoms. The van der Waals surface area contributed by atoms with Crippen LogP contribution in [0.5, 0.6) is 0 Å². The highest BCUT2D eigenvalue weighted by atomic mass is 16.2. The fourth-order valence-corrected chi connectivity index (χ4v) is 3.01. The summed E-state index contributed by atoms with van der Waals surface area (Å²) in [7, 11) is 1.77. The third kappa shape index (κ3) is 1.89. The van der Waals surface area contributed by atoms with Gasteiger partial charge in [0.05, 0.1) is 23.5 Å². The van der Waals surface area contributed by atoms with Crippen LogP contribution in [0.15, 0.2) is 24.5 Å². The lowest BCUT2D eigenvalue weighted by Crippen LogP contribution is -2.25. The number of carbonyl (C=O) groups excluding carboxylic acids is 2. The number of carbonyl (C=O) groups is 2. The molecule has 2 aliphatic rings. The third-order valence-electron chi connectivity index (χ3n) is 4.42. The van der Waals surface area contributed by atoms with Crippen LogP contribution >= 0.6 is 0 Å². The van der Waals surface area contributed by atoms with E-state index in [1.54, 1.807) is 18.3 Å². The Balaban J connectivity index is 1.92.